The van der Waals surface area contributed by atoms with Crippen LogP contribution in [0.5, 0.6) is 0 Å². The highest BCUT2D eigenvalue weighted by Crippen LogP contribution is 2.30. The Balaban J connectivity index is 2.14. The van der Waals surface area contributed by atoms with Crippen molar-refractivity contribution in [2.45, 2.75) is 13.5 Å². The predicted molar refractivity (Wildman–Crippen MR) is 95.6 cm³/mol. The SMILES string of the molecule is Cc1ccc2c(c1)sc(-c1ccc(N(C)C)cc1)[n+]2CCN. The van der Waals surface area contributed by atoms with Gasteiger partial charge in [-0.2, -0.15) is 4.57 Å². The first-order chi connectivity index (χ1) is 10.6. The largest absolute Gasteiger partial charge is 0.378 e. The zero-order chi connectivity index (χ0) is 15.7. The molecule has 0 fully saturated rings. The van der Waals surface area contributed by atoms with Crippen LogP contribution in [0, 0.1) is 6.92 Å². The van der Waals surface area contributed by atoms with Crippen LogP contribution in [0.15, 0.2) is 42.5 Å². The summed E-state index contributed by atoms with van der Waals surface area (Å²) in [7, 11) is 4.12. The lowest BCUT2D eigenvalue weighted by atomic mass is 10.2. The van der Waals surface area contributed by atoms with Crippen LogP contribution in [0.3, 0.4) is 0 Å². The molecule has 0 unspecified atom stereocenters. The fraction of sp³-hybridized carbons (Fsp3) is 0.278. The minimum absolute atomic E-state index is 0.646. The first-order valence-electron chi connectivity index (χ1n) is 7.51. The number of hydrogen-bond donors (Lipinski definition) is 1. The second kappa shape index (κ2) is 6.07. The first-order valence-corrected chi connectivity index (χ1v) is 8.32. The van der Waals surface area contributed by atoms with Gasteiger partial charge >= 0.3 is 0 Å². The van der Waals surface area contributed by atoms with E-state index in [1.165, 1.54) is 32.0 Å². The highest BCUT2D eigenvalue weighted by atomic mass is 32.1. The molecule has 1 aromatic heterocycles. The van der Waals surface area contributed by atoms with Gasteiger partial charge in [0.25, 0.3) is 5.01 Å². The van der Waals surface area contributed by atoms with E-state index in [0.717, 1.165) is 6.54 Å². The van der Waals surface area contributed by atoms with Gasteiger partial charge in [0.15, 0.2) is 6.54 Å². The number of nitrogens with zero attached hydrogens (tertiary/aromatic N) is 2. The Morgan fingerprint density at radius 3 is 2.45 bits per heavy atom. The summed E-state index contributed by atoms with van der Waals surface area (Å²) in [5.41, 5.74) is 10.9. The molecule has 0 spiro atoms. The molecule has 114 valence electrons. The Hall–Kier alpha value is -1.91. The van der Waals surface area contributed by atoms with Crippen LogP contribution in [0.25, 0.3) is 20.8 Å². The van der Waals surface area contributed by atoms with Crippen molar-refractivity contribution in [3.8, 4) is 10.6 Å². The van der Waals surface area contributed by atoms with Gasteiger partial charge < -0.3 is 10.6 Å². The molecular formula is C18H22N3S+. The summed E-state index contributed by atoms with van der Waals surface area (Å²) in [5, 5.41) is 1.27. The van der Waals surface area contributed by atoms with Crippen LogP contribution in [-0.4, -0.2) is 20.6 Å². The lowest BCUT2D eigenvalue weighted by Gasteiger charge is -2.11. The average molecular weight is 312 g/mol. The van der Waals surface area contributed by atoms with E-state index in [2.05, 4.69) is 73.0 Å². The van der Waals surface area contributed by atoms with E-state index in [4.69, 9.17) is 5.73 Å². The van der Waals surface area contributed by atoms with E-state index < -0.39 is 0 Å². The van der Waals surface area contributed by atoms with Gasteiger partial charge in [0, 0.05) is 25.8 Å². The van der Waals surface area contributed by atoms with Gasteiger partial charge in [0.05, 0.1) is 12.1 Å². The molecule has 0 aliphatic carbocycles. The van der Waals surface area contributed by atoms with Gasteiger partial charge in [-0.3, -0.25) is 0 Å². The zero-order valence-corrected chi connectivity index (χ0v) is 14.2. The number of nitrogens with two attached hydrogens (primary N) is 1. The number of benzene rings is 2. The number of thiazole rings is 1. The van der Waals surface area contributed by atoms with E-state index in [1.807, 2.05) is 11.3 Å². The van der Waals surface area contributed by atoms with Crippen LogP contribution in [0.4, 0.5) is 5.69 Å². The third-order valence-electron chi connectivity index (χ3n) is 3.84. The standard InChI is InChI=1S/C18H22N3S/c1-13-4-9-16-17(12-13)22-18(21(16)11-10-19)14-5-7-15(8-6-14)20(2)3/h4-9,12H,10-11,19H2,1-3H3/q+1. The van der Waals surface area contributed by atoms with E-state index in [9.17, 15) is 0 Å². The first kappa shape index (κ1) is 15.0. The number of anilines is 1. The monoisotopic (exact) mass is 312 g/mol. The molecule has 4 heteroatoms. The van der Waals surface area contributed by atoms with E-state index in [-0.39, 0.29) is 0 Å². The Kier molecular flexibility index (Phi) is 4.14. The normalized spacial score (nSPS) is 11.1. The molecule has 2 N–H and O–H groups in total. The van der Waals surface area contributed by atoms with Crippen molar-refractivity contribution in [2.24, 2.45) is 5.73 Å². The van der Waals surface area contributed by atoms with Gasteiger partial charge in [0.2, 0.25) is 5.52 Å². The van der Waals surface area contributed by atoms with E-state index in [1.54, 1.807) is 0 Å². The van der Waals surface area contributed by atoms with Crippen molar-refractivity contribution in [1.29, 1.82) is 0 Å². The van der Waals surface area contributed by atoms with Gasteiger partial charge in [-0.1, -0.05) is 17.4 Å². The fourth-order valence-corrected chi connectivity index (χ4v) is 3.95. The Morgan fingerprint density at radius 1 is 1.09 bits per heavy atom. The van der Waals surface area contributed by atoms with Crippen molar-refractivity contribution in [3.63, 3.8) is 0 Å². The molecule has 3 aromatic rings. The third kappa shape index (κ3) is 2.72. The van der Waals surface area contributed by atoms with Gasteiger partial charge in [-0.25, -0.2) is 0 Å². The number of fused-ring (bicyclic) bond motifs is 1. The van der Waals surface area contributed by atoms with Gasteiger partial charge in [0.1, 0.15) is 4.70 Å². The molecule has 0 atom stereocenters. The highest BCUT2D eigenvalue weighted by Gasteiger charge is 2.21. The molecule has 22 heavy (non-hydrogen) atoms. The van der Waals surface area contributed by atoms with Crippen molar-refractivity contribution >= 4 is 27.2 Å². The van der Waals surface area contributed by atoms with Crippen molar-refractivity contribution < 1.29 is 4.57 Å². The highest BCUT2D eigenvalue weighted by molar-refractivity contribution is 7.21. The molecular weight excluding hydrogens is 290 g/mol. The molecule has 0 aliphatic rings. The van der Waals surface area contributed by atoms with Crippen LogP contribution in [0.2, 0.25) is 0 Å². The summed E-state index contributed by atoms with van der Waals surface area (Å²) in [5.74, 6) is 0. The minimum Gasteiger partial charge on any atom is -0.378 e. The lowest BCUT2D eigenvalue weighted by molar-refractivity contribution is -0.654. The predicted octanol–water partition coefficient (Wildman–Crippen LogP) is 3.19. The summed E-state index contributed by atoms with van der Waals surface area (Å²) in [6.07, 6.45) is 0. The van der Waals surface area contributed by atoms with Crippen LogP contribution >= 0.6 is 11.3 Å². The van der Waals surface area contributed by atoms with Gasteiger partial charge in [-0.05, 0) is 42.8 Å². The summed E-state index contributed by atoms with van der Waals surface area (Å²) >= 11 is 1.84. The van der Waals surface area contributed by atoms with E-state index >= 15 is 0 Å². The minimum atomic E-state index is 0.646. The quantitative estimate of drug-likeness (QED) is 0.751. The Bertz CT molecular complexity index is 788. The molecule has 0 amide bonds. The Labute approximate surface area is 135 Å². The topological polar surface area (TPSA) is 33.1 Å². The van der Waals surface area contributed by atoms with Crippen LogP contribution in [-0.2, 0) is 6.54 Å². The lowest BCUT2D eigenvalue weighted by Crippen LogP contribution is -2.38. The van der Waals surface area contributed by atoms with E-state index in [0.29, 0.717) is 6.54 Å². The fourth-order valence-electron chi connectivity index (χ4n) is 2.66. The average Bonchev–Trinajstić information content (AvgIpc) is 2.85. The smallest absolute Gasteiger partial charge is 0.270 e. The number of hydrogen-bond acceptors (Lipinski definition) is 3. The number of aromatic nitrogens is 1. The molecule has 0 aliphatic heterocycles. The third-order valence-corrected chi connectivity index (χ3v) is 5.04. The molecule has 0 bridgehead atoms. The summed E-state index contributed by atoms with van der Waals surface area (Å²) < 4.78 is 3.66. The second-order valence-electron chi connectivity index (χ2n) is 5.76. The molecule has 2 aromatic carbocycles. The van der Waals surface area contributed by atoms with Crippen LogP contribution < -0.4 is 15.2 Å². The Morgan fingerprint density at radius 2 is 1.82 bits per heavy atom. The van der Waals surface area contributed by atoms with Crippen molar-refractivity contribution in [2.75, 3.05) is 25.5 Å². The second-order valence-corrected chi connectivity index (χ2v) is 6.79. The molecule has 0 radical (unpaired) electrons. The van der Waals surface area contributed by atoms with Crippen molar-refractivity contribution in [1.82, 2.24) is 0 Å². The summed E-state index contributed by atoms with van der Waals surface area (Å²) in [6.45, 7) is 3.62. The zero-order valence-electron chi connectivity index (χ0n) is 13.3. The molecule has 0 saturated carbocycles. The molecule has 1 heterocycles. The van der Waals surface area contributed by atoms with Crippen LogP contribution in [0.1, 0.15) is 5.56 Å². The van der Waals surface area contributed by atoms with Gasteiger partial charge in [-0.15, -0.1) is 0 Å². The molecule has 3 nitrogen and oxygen atoms in total. The molecule has 0 saturated heterocycles. The maximum Gasteiger partial charge on any atom is 0.270 e. The maximum absolute atomic E-state index is 5.83. The maximum atomic E-state index is 5.83. The summed E-state index contributed by atoms with van der Waals surface area (Å²) in [4.78, 5) is 2.12. The number of rotatable bonds is 4. The molecule has 3 rings (SSSR count). The number of aryl methyl sites for hydroxylation is 1. The summed E-state index contributed by atoms with van der Waals surface area (Å²) in [6, 6.07) is 15.3. The van der Waals surface area contributed by atoms with Crippen molar-refractivity contribution in [3.05, 3.63) is 48.0 Å².